The number of halogens is 1. The Morgan fingerprint density at radius 2 is 1.76 bits per heavy atom. The van der Waals surface area contributed by atoms with Gasteiger partial charge in [-0.25, -0.2) is 0 Å². The molecule has 0 spiro atoms. The number of hydrogen-bond donors (Lipinski definition) is 1. The SMILES string of the molecule is O=C(NCc1ccccc1)C1CCN(C(=O)C2(c3cccc(Cl)c3)CCC2)CC1. The van der Waals surface area contributed by atoms with Crippen molar-refractivity contribution in [3.8, 4) is 0 Å². The predicted molar refractivity (Wildman–Crippen MR) is 115 cm³/mol. The fourth-order valence-electron chi connectivity index (χ4n) is 4.52. The summed E-state index contributed by atoms with van der Waals surface area (Å²) in [6.07, 6.45) is 4.26. The number of carbonyl (C=O) groups excluding carboxylic acids is 2. The number of nitrogens with zero attached hydrogens (tertiary/aromatic N) is 1. The van der Waals surface area contributed by atoms with Crippen molar-refractivity contribution in [2.24, 2.45) is 5.92 Å². The maximum atomic E-state index is 13.4. The highest BCUT2D eigenvalue weighted by Crippen LogP contribution is 2.46. The first kappa shape index (κ1) is 20.0. The molecule has 152 valence electrons. The van der Waals surface area contributed by atoms with Gasteiger partial charge in [-0.3, -0.25) is 9.59 Å². The van der Waals surface area contributed by atoms with Gasteiger partial charge >= 0.3 is 0 Å². The lowest BCUT2D eigenvalue weighted by molar-refractivity contribution is -0.144. The summed E-state index contributed by atoms with van der Waals surface area (Å²) in [5, 5.41) is 3.72. The Morgan fingerprint density at radius 3 is 2.38 bits per heavy atom. The van der Waals surface area contributed by atoms with Crippen molar-refractivity contribution < 1.29 is 9.59 Å². The lowest BCUT2D eigenvalue weighted by Crippen LogP contribution is -2.53. The van der Waals surface area contributed by atoms with Crippen molar-refractivity contribution in [3.05, 3.63) is 70.7 Å². The zero-order valence-corrected chi connectivity index (χ0v) is 17.3. The molecule has 2 fully saturated rings. The summed E-state index contributed by atoms with van der Waals surface area (Å²) < 4.78 is 0. The maximum absolute atomic E-state index is 13.4. The molecule has 29 heavy (non-hydrogen) atoms. The minimum absolute atomic E-state index is 0.0220. The van der Waals surface area contributed by atoms with Crippen LogP contribution >= 0.6 is 11.6 Å². The fourth-order valence-corrected chi connectivity index (χ4v) is 4.71. The highest BCUT2D eigenvalue weighted by molar-refractivity contribution is 6.30. The lowest BCUT2D eigenvalue weighted by atomic mass is 9.63. The second-order valence-corrected chi connectivity index (χ2v) is 8.65. The molecule has 2 amide bonds. The van der Waals surface area contributed by atoms with E-state index in [9.17, 15) is 9.59 Å². The molecule has 0 bridgehead atoms. The van der Waals surface area contributed by atoms with Crippen LogP contribution in [-0.4, -0.2) is 29.8 Å². The molecule has 0 unspecified atom stereocenters. The summed E-state index contributed by atoms with van der Waals surface area (Å²) in [4.78, 5) is 27.9. The van der Waals surface area contributed by atoms with E-state index >= 15 is 0 Å². The summed E-state index contributed by atoms with van der Waals surface area (Å²) in [7, 11) is 0. The van der Waals surface area contributed by atoms with Gasteiger partial charge in [0, 0.05) is 30.6 Å². The molecule has 1 heterocycles. The van der Waals surface area contributed by atoms with Crippen LogP contribution in [0.5, 0.6) is 0 Å². The summed E-state index contributed by atoms with van der Waals surface area (Å²) in [5.74, 6) is 0.273. The number of nitrogens with one attached hydrogen (secondary N) is 1. The Balaban J connectivity index is 1.34. The van der Waals surface area contributed by atoms with Crippen LogP contribution in [0.3, 0.4) is 0 Å². The first-order chi connectivity index (χ1) is 14.1. The van der Waals surface area contributed by atoms with Crippen LogP contribution in [0.1, 0.15) is 43.2 Å². The van der Waals surface area contributed by atoms with Crippen LogP contribution in [-0.2, 0) is 21.5 Å². The summed E-state index contributed by atoms with van der Waals surface area (Å²) in [6.45, 7) is 1.84. The van der Waals surface area contributed by atoms with Crippen molar-refractivity contribution >= 4 is 23.4 Å². The lowest BCUT2D eigenvalue weighted by Gasteiger charge is -2.45. The minimum atomic E-state index is -0.423. The van der Waals surface area contributed by atoms with Crippen molar-refractivity contribution in [2.75, 3.05) is 13.1 Å². The first-order valence-corrected chi connectivity index (χ1v) is 10.8. The molecule has 2 aromatic carbocycles. The van der Waals surface area contributed by atoms with E-state index in [1.807, 2.05) is 59.5 Å². The van der Waals surface area contributed by atoms with Gasteiger partial charge in [-0.15, -0.1) is 0 Å². The normalized spacial score (nSPS) is 18.7. The molecule has 0 atom stereocenters. The number of rotatable bonds is 5. The first-order valence-electron chi connectivity index (χ1n) is 10.5. The minimum Gasteiger partial charge on any atom is -0.352 e. The number of amides is 2. The standard InChI is InChI=1S/C24H27ClN2O2/c25-21-9-4-8-20(16-21)24(12-5-13-24)23(29)27-14-10-19(11-15-27)22(28)26-17-18-6-2-1-3-7-18/h1-4,6-9,16,19H,5,10-15,17H2,(H,26,28). The molecule has 2 aliphatic rings. The maximum Gasteiger partial charge on any atom is 0.233 e. The van der Waals surface area contributed by atoms with Crippen LogP contribution in [0.2, 0.25) is 5.02 Å². The van der Waals surface area contributed by atoms with Crippen molar-refractivity contribution in [1.82, 2.24) is 10.2 Å². The molecule has 1 N–H and O–H groups in total. The highest BCUT2D eigenvalue weighted by atomic mass is 35.5. The Morgan fingerprint density at radius 1 is 1.03 bits per heavy atom. The molecule has 1 saturated carbocycles. The van der Waals surface area contributed by atoms with E-state index in [1.165, 1.54) is 0 Å². The molecule has 4 rings (SSSR count). The van der Waals surface area contributed by atoms with Crippen molar-refractivity contribution in [3.63, 3.8) is 0 Å². The van der Waals surface area contributed by atoms with Gasteiger partial charge in [0.05, 0.1) is 5.41 Å². The molecule has 1 aliphatic heterocycles. The molecule has 1 saturated heterocycles. The van der Waals surface area contributed by atoms with E-state index in [0.717, 1.165) is 43.2 Å². The van der Waals surface area contributed by atoms with Gasteiger partial charge in [-0.05, 0) is 48.9 Å². The summed E-state index contributed by atoms with van der Waals surface area (Å²) in [6, 6.07) is 17.7. The smallest absolute Gasteiger partial charge is 0.233 e. The van der Waals surface area contributed by atoms with Crippen LogP contribution in [0.25, 0.3) is 0 Å². The third-order valence-corrected chi connectivity index (χ3v) is 6.69. The van der Waals surface area contributed by atoms with Gasteiger partial charge in [0.25, 0.3) is 0 Å². The van der Waals surface area contributed by atoms with Gasteiger partial charge in [0.2, 0.25) is 11.8 Å². The third-order valence-electron chi connectivity index (χ3n) is 6.46. The molecule has 2 aromatic rings. The van der Waals surface area contributed by atoms with Crippen molar-refractivity contribution in [1.29, 1.82) is 0 Å². The van der Waals surface area contributed by atoms with Crippen LogP contribution in [0, 0.1) is 5.92 Å². The predicted octanol–water partition coefficient (Wildman–Crippen LogP) is 4.32. The van der Waals surface area contributed by atoms with Crippen LogP contribution in [0.4, 0.5) is 0 Å². The molecular weight excluding hydrogens is 384 g/mol. The van der Waals surface area contributed by atoms with Gasteiger partial charge in [0.1, 0.15) is 0 Å². The molecule has 1 aliphatic carbocycles. The summed E-state index contributed by atoms with van der Waals surface area (Å²) >= 11 is 6.18. The number of carbonyl (C=O) groups is 2. The molecule has 4 nitrogen and oxygen atoms in total. The van der Waals surface area contributed by atoms with E-state index in [1.54, 1.807) is 0 Å². The molecule has 0 radical (unpaired) electrons. The largest absolute Gasteiger partial charge is 0.352 e. The number of benzene rings is 2. The summed E-state index contributed by atoms with van der Waals surface area (Å²) in [5.41, 5.74) is 1.71. The average Bonchev–Trinajstić information content (AvgIpc) is 2.72. The molecule has 5 heteroatoms. The number of hydrogen-bond acceptors (Lipinski definition) is 2. The monoisotopic (exact) mass is 410 g/mol. The van der Waals surface area contributed by atoms with Gasteiger partial charge in [0.15, 0.2) is 0 Å². The number of piperidine rings is 1. The van der Waals surface area contributed by atoms with Gasteiger partial charge in [-0.1, -0.05) is 60.5 Å². The molecule has 0 aromatic heterocycles. The Kier molecular flexibility index (Phi) is 5.91. The zero-order chi connectivity index (χ0) is 20.3. The Labute approximate surface area is 177 Å². The fraction of sp³-hybridized carbons (Fsp3) is 0.417. The van der Waals surface area contributed by atoms with E-state index in [0.29, 0.717) is 24.7 Å². The number of likely N-dealkylation sites (tertiary alicyclic amines) is 1. The van der Waals surface area contributed by atoms with Crippen molar-refractivity contribution in [2.45, 2.75) is 44.1 Å². The van der Waals surface area contributed by atoms with E-state index < -0.39 is 5.41 Å². The topological polar surface area (TPSA) is 49.4 Å². The van der Waals surface area contributed by atoms with Crippen LogP contribution in [0.15, 0.2) is 54.6 Å². The average molecular weight is 411 g/mol. The second-order valence-electron chi connectivity index (χ2n) is 8.22. The van der Waals surface area contributed by atoms with E-state index in [-0.39, 0.29) is 17.7 Å². The second kappa shape index (κ2) is 8.58. The van der Waals surface area contributed by atoms with Crippen LogP contribution < -0.4 is 5.32 Å². The van der Waals surface area contributed by atoms with Gasteiger partial charge < -0.3 is 10.2 Å². The quantitative estimate of drug-likeness (QED) is 0.798. The Bertz CT molecular complexity index is 871. The Hall–Kier alpha value is -2.33. The molecular formula is C24H27ClN2O2. The van der Waals surface area contributed by atoms with E-state index in [4.69, 9.17) is 11.6 Å². The highest BCUT2D eigenvalue weighted by Gasteiger charge is 2.48. The zero-order valence-electron chi connectivity index (χ0n) is 16.6. The van der Waals surface area contributed by atoms with Gasteiger partial charge in [-0.2, -0.15) is 0 Å². The third kappa shape index (κ3) is 4.18. The van der Waals surface area contributed by atoms with E-state index in [2.05, 4.69) is 5.32 Å².